The minimum absolute atomic E-state index is 0.0382. The van der Waals surface area contributed by atoms with E-state index in [1.54, 1.807) is 42.5 Å². The van der Waals surface area contributed by atoms with Gasteiger partial charge in [-0.15, -0.1) is 0 Å². The lowest BCUT2D eigenvalue weighted by Crippen LogP contribution is -2.56. The molecule has 224 valence electrons. The maximum atomic E-state index is 13.8. The number of halogens is 1. The number of rotatable bonds is 9. The molecule has 3 aromatic rings. The molecule has 0 saturated carbocycles. The van der Waals surface area contributed by atoms with Gasteiger partial charge in [-0.05, 0) is 48.0 Å². The summed E-state index contributed by atoms with van der Waals surface area (Å²) in [7, 11) is 1.50. The van der Waals surface area contributed by atoms with E-state index in [4.69, 9.17) is 16.3 Å². The second-order valence-electron chi connectivity index (χ2n) is 9.37. The van der Waals surface area contributed by atoms with Crippen molar-refractivity contribution in [2.24, 2.45) is 0 Å². The Balaban J connectivity index is 1.63. The number of nitro groups is 1. The third kappa shape index (κ3) is 7.68. The van der Waals surface area contributed by atoms with Crippen LogP contribution < -0.4 is 20.7 Å². The number of nitro benzene ring substituents is 1. The number of nitrogens with zero attached hydrogens (tertiary/aromatic N) is 3. The van der Waals surface area contributed by atoms with Gasteiger partial charge in [0, 0.05) is 41.6 Å². The number of aliphatic carboxylic acids is 1. The zero-order valence-electron chi connectivity index (χ0n) is 22.7. The first-order chi connectivity index (χ1) is 20.5. The van der Waals surface area contributed by atoms with Crippen molar-refractivity contribution in [2.75, 3.05) is 30.8 Å². The summed E-state index contributed by atoms with van der Waals surface area (Å²) < 4.78 is 5.13. The molecule has 2 atom stereocenters. The van der Waals surface area contributed by atoms with Crippen molar-refractivity contribution in [3.05, 3.63) is 93.5 Å². The van der Waals surface area contributed by atoms with Crippen LogP contribution >= 0.6 is 11.6 Å². The van der Waals surface area contributed by atoms with Crippen molar-refractivity contribution < 1.29 is 33.9 Å². The molecule has 4 N–H and O–H groups in total. The lowest BCUT2D eigenvalue weighted by atomic mass is 10.0. The zero-order valence-corrected chi connectivity index (χ0v) is 23.5. The van der Waals surface area contributed by atoms with Crippen molar-refractivity contribution in [2.45, 2.75) is 18.6 Å². The molecule has 1 heterocycles. The normalized spacial score (nSPS) is 14.9. The number of carboxylic acids is 1. The SMILES string of the molecule is COc1ccc(NC(=O)N2CCN(C(=O)Nc3cccc(Cl)c3)C2C(=O)NC(CC(=O)O)c2cccc([N+](=O)[O-])c2)cc1. The van der Waals surface area contributed by atoms with Crippen LogP contribution in [0.4, 0.5) is 26.7 Å². The molecule has 5 amide bonds. The van der Waals surface area contributed by atoms with Crippen molar-refractivity contribution >= 4 is 52.6 Å². The summed E-state index contributed by atoms with van der Waals surface area (Å²) >= 11 is 6.03. The number of carbonyl (C=O) groups is 4. The maximum Gasteiger partial charge on any atom is 0.323 e. The first-order valence-corrected chi connectivity index (χ1v) is 13.2. The minimum atomic E-state index is -1.51. The van der Waals surface area contributed by atoms with Gasteiger partial charge >= 0.3 is 18.0 Å². The van der Waals surface area contributed by atoms with Crippen LogP contribution in [-0.4, -0.2) is 70.1 Å². The predicted octanol–water partition coefficient (Wildman–Crippen LogP) is 4.30. The van der Waals surface area contributed by atoms with Gasteiger partial charge in [0.25, 0.3) is 11.6 Å². The fourth-order valence-corrected chi connectivity index (χ4v) is 4.69. The Labute approximate surface area is 250 Å². The smallest absolute Gasteiger partial charge is 0.323 e. The number of non-ortho nitro benzene ring substituents is 1. The Morgan fingerprint density at radius 1 is 0.977 bits per heavy atom. The first-order valence-electron chi connectivity index (χ1n) is 12.9. The number of nitrogens with one attached hydrogen (secondary N) is 3. The fraction of sp³-hybridized carbons (Fsp3) is 0.214. The van der Waals surface area contributed by atoms with E-state index in [-0.39, 0.29) is 24.3 Å². The number of ether oxygens (including phenoxy) is 1. The molecule has 0 aliphatic carbocycles. The van der Waals surface area contributed by atoms with Crippen LogP contribution in [0.5, 0.6) is 5.75 Å². The quantitative estimate of drug-likeness (QED) is 0.204. The molecule has 0 radical (unpaired) electrons. The molecule has 0 bridgehead atoms. The summed E-state index contributed by atoms with van der Waals surface area (Å²) in [5, 5.41) is 29.1. The number of carboxylic acid groups (broad SMARTS) is 1. The average Bonchev–Trinajstić information content (AvgIpc) is 3.43. The molecule has 4 rings (SSSR count). The van der Waals surface area contributed by atoms with E-state index in [2.05, 4.69) is 16.0 Å². The standard InChI is InChI=1S/C28H27ClN6O8/c1-43-22-10-8-19(9-11-22)30-27(39)33-12-13-34(28(40)31-20-6-3-5-18(29)15-20)26(33)25(38)32-23(16-24(36)37)17-4-2-7-21(14-17)35(41)42/h2-11,14-15,23,26H,12-13,16H2,1H3,(H,30,39)(H,31,40)(H,32,38)(H,36,37). The van der Waals surface area contributed by atoms with E-state index in [1.165, 1.54) is 31.4 Å². The number of methoxy groups -OCH3 is 1. The largest absolute Gasteiger partial charge is 0.497 e. The average molecular weight is 611 g/mol. The molecule has 3 aromatic carbocycles. The molecule has 1 aliphatic rings. The van der Waals surface area contributed by atoms with Crippen molar-refractivity contribution in [3.63, 3.8) is 0 Å². The highest BCUT2D eigenvalue weighted by Crippen LogP contribution is 2.25. The summed E-state index contributed by atoms with van der Waals surface area (Å²) in [6.45, 7) is -0.0790. The predicted molar refractivity (Wildman–Crippen MR) is 156 cm³/mol. The van der Waals surface area contributed by atoms with Crippen LogP contribution in [0.25, 0.3) is 0 Å². The van der Waals surface area contributed by atoms with Gasteiger partial charge in [0.2, 0.25) is 0 Å². The number of urea groups is 2. The fourth-order valence-electron chi connectivity index (χ4n) is 4.50. The van der Waals surface area contributed by atoms with E-state index in [9.17, 15) is 34.4 Å². The third-order valence-corrected chi connectivity index (χ3v) is 6.76. The molecule has 0 spiro atoms. The lowest BCUT2D eigenvalue weighted by molar-refractivity contribution is -0.384. The molecular formula is C28H27ClN6O8. The van der Waals surface area contributed by atoms with Gasteiger partial charge in [-0.3, -0.25) is 29.5 Å². The van der Waals surface area contributed by atoms with E-state index in [0.717, 1.165) is 15.9 Å². The number of hydrogen-bond acceptors (Lipinski definition) is 7. The Hall–Kier alpha value is -5.37. The maximum absolute atomic E-state index is 13.8. The number of benzene rings is 3. The van der Waals surface area contributed by atoms with E-state index in [1.807, 2.05) is 0 Å². The molecular weight excluding hydrogens is 584 g/mol. The van der Waals surface area contributed by atoms with Crippen molar-refractivity contribution in [3.8, 4) is 5.75 Å². The van der Waals surface area contributed by atoms with Gasteiger partial charge in [0.05, 0.1) is 24.5 Å². The van der Waals surface area contributed by atoms with Crippen LogP contribution in [0.15, 0.2) is 72.8 Å². The highest BCUT2D eigenvalue weighted by Gasteiger charge is 2.43. The van der Waals surface area contributed by atoms with Gasteiger partial charge in [-0.25, -0.2) is 9.59 Å². The van der Waals surface area contributed by atoms with Gasteiger partial charge in [-0.1, -0.05) is 29.8 Å². The summed E-state index contributed by atoms with van der Waals surface area (Å²) in [6.07, 6.45) is -2.13. The molecule has 0 aromatic heterocycles. The number of anilines is 2. The topological polar surface area (TPSA) is 183 Å². The van der Waals surface area contributed by atoms with Crippen LogP contribution in [0, 0.1) is 10.1 Å². The monoisotopic (exact) mass is 610 g/mol. The van der Waals surface area contributed by atoms with E-state index >= 15 is 0 Å². The highest BCUT2D eigenvalue weighted by atomic mass is 35.5. The van der Waals surface area contributed by atoms with Gasteiger partial charge < -0.3 is 25.8 Å². The Kier molecular flexibility index (Phi) is 9.62. The Morgan fingerprint density at radius 3 is 2.19 bits per heavy atom. The number of carbonyl (C=O) groups excluding carboxylic acids is 3. The van der Waals surface area contributed by atoms with Gasteiger partial charge in [0.15, 0.2) is 6.17 Å². The summed E-state index contributed by atoms with van der Waals surface area (Å²) in [5.74, 6) is -1.60. The lowest BCUT2D eigenvalue weighted by Gasteiger charge is -2.30. The first kappa shape index (κ1) is 30.6. The minimum Gasteiger partial charge on any atom is -0.497 e. The van der Waals surface area contributed by atoms with Gasteiger partial charge in [-0.2, -0.15) is 0 Å². The molecule has 1 fully saturated rings. The second-order valence-corrected chi connectivity index (χ2v) is 9.81. The molecule has 1 saturated heterocycles. The molecule has 43 heavy (non-hydrogen) atoms. The third-order valence-electron chi connectivity index (χ3n) is 6.52. The second kappa shape index (κ2) is 13.5. The van der Waals surface area contributed by atoms with E-state index in [0.29, 0.717) is 22.1 Å². The molecule has 14 nitrogen and oxygen atoms in total. The summed E-state index contributed by atoms with van der Waals surface area (Å²) in [4.78, 5) is 65.1. The summed E-state index contributed by atoms with van der Waals surface area (Å²) in [5.41, 5.74) is 0.600. The summed E-state index contributed by atoms with van der Waals surface area (Å²) in [6, 6.07) is 15.3. The Bertz CT molecular complexity index is 1540. The van der Waals surface area contributed by atoms with Gasteiger partial charge in [0.1, 0.15) is 5.75 Å². The highest BCUT2D eigenvalue weighted by molar-refractivity contribution is 6.30. The number of hydrogen-bond donors (Lipinski definition) is 4. The Morgan fingerprint density at radius 2 is 1.60 bits per heavy atom. The van der Waals surface area contributed by atoms with Crippen LogP contribution in [0.1, 0.15) is 18.0 Å². The van der Waals surface area contributed by atoms with Crippen LogP contribution in [-0.2, 0) is 9.59 Å². The van der Waals surface area contributed by atoms with Crippen LogP contribution in [0.3, 0.4) is 0 Å². The van der Waals surface area contributed by atoms with Crippen LogP contribution in [0.2, 0.25) is 5.02 Å². The zero-order chi connectivity index (χ0) is 31.1. The molecule has 2 unspecified atom stereocenters. The number of amides is 5. The van der Waals surface area contributed by atoms with Crippen molar-refractivity contribution in [1.29, 1.82) is 0 Å². The van der Waals surface area contributed by atoms with Crippen molar-refractivity contribution in [1.82, 2.24) is 15.1 Å². The van der Waals surface area contributed by atoms with E-state index < -0.39 is 47.5 Å². The molecule has 1 aliphatic heterocycles. The molecule has 15 heteroatoms.